The Morgan fingerprint density at radius 3 is 2.74 bits per heavy atom. The van der Waals surface area contributed by atoms with Gasteiger partial charge in [0.15, 0.2) is 10.8 Å². The van der Waals surface area contributed by atoms with E-state index in [0.29, 0.717) is 5.25 Å². The highest BCUT2D eigenvalue weighted by atomic mass is 35.5. The lowest BCUT2D eigenvalue weighted by molar-refractivity contribution is 0.930. The number of fused-ring (bicyclic) bond motifs is 3. The molecule has 0 N–H and O–H groups in total. The van der Waals surface area contributed by atoms with Crippen LogP contribution in [0.15, 0.2) is 29.4 Å². The summed E-state index contributed by atoms with van der Waals surface area (Å²) in [4.78, 5) is 0. The molecule has 5 heteroatoms. The predicted molar refractivity (Wildman–Crippen MR) is 81.2 cm³/mol. The van der Waals surface area contributed by atoms with Gasteiger partial charge in [-0.3, -0.25) is 4.40 Å². The van der Waals surface area contributed by atoms with Crippen LogP contribution in [0.25, 0.3) is 16.6 Å². The third-order valence-electron chi connectivity index (χ3n) is 2.97. The molecule has 0 aliphatic rings. The molecule has 0 saturated carbocycles. The van der Waals surface area contributed by atoms with E-state index in [4.69, 9.17) is 11.6 Å². The van der Waals surface area contributed by atoms with Crippen LogP contribution < -0.4 is 0 Å². The summed E-state index contributed by atoms with van der Waals surface area (Å²) < 4.78 is 2.10. The highest BCUT2D eigenvalue weighted by Crippen LogP contribution is 2.29. The molecule has 2 heterocycles. The molecule has 0 aliphatic carbocycles. The van der Waals surface area contributed by atoms with Crippen molar-refractivity contribution in [3.05, 3.63) is 34.9 Å². The van der Waals surface area contributed by atoms with Crippen LogP contribution in [-0.4, -0.2) is 19.8 Å². The lowest BCUT2D eigenvalue weighted by atomic mass is 10.1. The highest BCUT2D eigenvalue weighted by Gasteiger charge is 2.12. The summed E-state index contributed by atoms with van der Waals surface area (Å²) >= 11 is 7.81. The van der Waals surface area contributed by atoms with Gasteiger partial charge in [0.25, 0.3) is 0 Å². The van der Waals surface area contributed by atoms with Crippen LogP contribution in [0.3, 0.4) is 0 Å². The quantitative estimate of drug-likeness (QED) is 0.658. The van der Waals surface area contributed by atoms with E-state index in [0.717, 1.165) is 26.7 Å². The van der Waals surface area contributed by atoms with E-state index < -0.39 is 0 Å². The largest absolute Gasteiger partial charge is 0.270 e. The van der Waals surface area contributed by atoms with Gasteiger partial charge in [0.1, 0.15) is 0 Å². The first kappa shape index (κ1) is 12.8. The Morgan fingerprint density at radius 2 is 2.00 bits per heavy atom. The minimum Gasteiger partial charge on any atom is -0.270 e. The molecule has 1 aromatic carbocycles. The third kappa shape index (κ3) is 2.19. The van der Waals surface area contributed by atoms with E-state index in [1.165, 1.54) is 5.56 Å². The molecule has 2 aromatic heterocycles. The molecule has 0 unspecified atom stereocenters. The number of aromatic nitrogens is 3. The Morgan fingerprint density at radius 1 is 1.21 bits per heavy atom. The minimum atomic E-state index is 0.469. The first-order valence-electron chi connectivity index (χ1n) is 6.17. The van der Waals surface area contributed by atoms with E-state index in [2.05, 4.69) is 41.4 Å². The zero-order valence-electron chi connectivity index (χ0n) is 11.0. The first-order valence-corrected chi connectivity index (χ1v) is 7.42. The number of benzene rings is 1. The molecule has 19 heavy (non-hydrogen) atoms. The van der Waals surface area contributed by atoms with E-state index in [9.17, 15) is 0 Å². The van der Waals surface area contributed by atoms with Gasteiger partial charge in [-0.25, -0.2) is 0 Å². The molecule has 0 fully saturated rings. The zero-order chi connectivity index (χ0) is 13.6. The van der Waals surface area contributed by atoms with Gasteiger partial charge < -0.3 is 0 Å². The van der Waals surface area contributed by atoms with Gasteiger partial charge in [-0.2, -0.15) is 0 Å². The summed E-state index contributed by atoms with van der Waals surface area (Å²) in [5.74, 6) is 0. The fraction of sp³-hybridized carbons (Fsp3) is 0.286. The Hall–Kier alpha value is -1.26. The second-order valence-corrected chi connectivity index (χ2v) is 6.81. The summed E-state index contributed by atoms with van der Waals surface area (Å²) in [6.07, 6.45) is 0. The molecule has 0 spiro atoms. The predicted octanol–water partition coefficient (Wildman–Crippen LogP) is 4.34. The van der Waals surface area contributed by atoms with Crippen molar-refractivity contribution in [3.63, 3.8) is 0 Å². The average molecular weight is 292 g/mol. The summed E-state index contributed by atoms with van der Waals surface area (Å²) in [5.41, 5.74) is 3.15. The molecular weight excluding hydrogens is 278 g/mol. The number of thioether (sulfide) groups is 1. The number of halogens is 1. The van der Waals surface area contributed by atoms with Gasteiger partial charge in [0.05, 0.1) is 5.52 Å². The number of pyridine rings is 1. The van der Waals surface area contributed by atoms with Gasteiger partial charge >= 0.3 is 0 Å². The van der Waals surface area contributed by atoms with Crippen LogP contribution in [0, 0.1) is 6.92 Å². The first-order chi connectivity index (χ1) is 9.06. The van der Waals surface area contributed by atoms with Crippen molar-refractivity contribution in [2.45, 2.75) is 31.2 Å². The number of nitrogens with zero attached hydrogens (tertiary/aromatic N) is 3. The summed E-state index contributed by atoms with van der Waals surface area (Å²) in [7, 11) is 0. The summed E-state index contributed by atoms with van der Waals surface area (Å²) in [6.45, 7) is 6.38. The van der Waals surface area contributed by atoms with Gasteiger partial charge in [-0.15, -0.1) is 10.2 Å². The molecular formula is C14H14ClN3S. The van der Waals surface area contributed by atoms with Crippen LogP contribution in [0.1, 0.15) is 19.4 Å². The summed E-state index contributed by atoms with van der Waals surface area (Å²) in [5, 5.41) is 11.8. The van der Waals surface area contributed by atoms with Crippen LogP contribution in [0.2, 0.25) is 5.02 Å². The summed E-state index contributed by atoms with van der Waals surface area (Å²) in [6, 6.07) is 7.99. The van der Waals surface area contributed by atoms with Crippen molar-refractivity contribution < 1.29 is 0 Å². The number of hydrogen-bond acceptors (Lipinski definition) is 3. The molecule has 0 bridgehead atoms. The average Bonchev–Trinajstić information content (AvgIpc) is 2.72. The lowest BCUT2D eigenvalue weighted by Crippen LogP contribution is -1.95. The standard InChI is InChI=1S/C14H14ClN3S/c1-8(2)19-14-17-16-13-6-9(3)11-7-10(15)4-5-12(11)18(13)14/h4-8H,1-3H3. The molecule has 98 valence electrons. The van der Waals surface area contributed by atoms with E-state index in [-0.39, 0.29) is 0 Å². The maximum atomic E-state index is 6.09. The highest BCUT2D eigenvalue weighted by molar-refractivity contribution is 7.99. The number of rotatable bonds is 2. The second kappa shape index (κ2) is 4.69. The van der Waals surface area contributed by atoms with Gasteiger partial charge in [-0.05, 0) is 36.8 Å². The molecule has 0 atom stereocenters. The second-order valence-electron chi connectivity index (χ2n) is 4.83. The van der Waals surface area contributed by atoms with Gasteiger partial charge in [0.2, 0.25) is 0 Å². The fourth-order valence-corrected chi connectivity index (χ4v) is 3.16. The molecule has 0 saturated heterocycles. The molecule has 0 aliphatic heterocycles. The van der Waals surface area contributed by atoms with Crippen molar-refractivity contribution in [1.29, 1.82) is 0 Å². The Kier molecular flexibility index (Phi) is 3.15. The SMILES string of the molecule is Cc1cc2nnc(SC(C)C)n2c2ccc(Cl)cc12. The Bertz CT molecular complexity index is 764. The van der Waals surface area contributed by atoms with Crippen LogP contribution in [0.5, 0.6) is 0 Å². The topological polar surface area (TPSA) is 30.2 Å². The van der Waals surface area contributed by atoms with Gasteiger partial charge in [-0.1, -0.05) is 37.2 Å². The van der Waals surface area contributed by atoms with Crippen molar-refractivity contribution >= 4 is 39.9 Å². The van der Waals surface area contributed by atoms with E-state index in [1.807, 2.05) is 18.2 Å². The maximum Gasteiger partial charge on any atom is 0.196 e. The van der Waals surface area contributed by atoms with Crippen molar-refractivity contribution in [3.8, 4) is 0 Å². The lowest BCUT2D eigenvalue weighted by Gasteiger charge is -2.08. The Labute approximate surface area is 121 Å². The molecule has 3 nitrogen and oxygen atoms in total. The molecule has 3 aromatic rings. The van der Waals surface area contributed by atoms with Crippen molar-refractivity contribution in [2.75, 3.05) is 0 Å². The van der Waals surface area contributed by atoms with Crippen molar-refractivity contribution in [2.24, 2.45) is 0 Å². The Balaban J connectivity index is 2.39. The number of aryl methyl sites for hydroxylation is 1. The van der Waals surface area contributed by atoms with E-state index >= 15 is 0 Å². The monoisotopic (exact) mass is 291 g/mol. The van der Waals surface area contributed by atoms with Gasteiger partial charge in [0, 0.05) is 15.7 Å². The maximum absolute atomic E-state index is 6.09. The normalized spacial score (nSPS) is 11.8. The molecule has 0 radical (unpaired) electrons. The van der Waals surface area contributed by atoms with Crippen LogP contribution in [0.4, 0.5) is 0 Å². The van der Waals surface area contributed by atoms with Crippen molar-refractivity contribution in [1.82, 2.24) is 14.6 Å². The smallest absolute Gasteiger partial charge is 0.196 e. The van der Waals surface area contributed by atoms with Crippen LogP contribution >= 0.6 is 23.4 Å². The molecule has 3 rings (SSSR count). The van der Waals surface area contributed by atoms with Crippen LogP contribution in [-0.2, 0) is 0 Å². The molecule has 0 amide bonds. The third-order valence-corrected chi connectivity index (χ3v) is 4.15. The fourth-order valence-electron chi connectivity index (χ4n) is 2.18. The minimum absolute atomic E-state index is 0.469. The van der Waals surface area contributed by atoms with E-state index in [1.54, 1.807) is 11.8 Å². The zero-order valence-corrected chi connectivity index (χ0v) is 12.6. The number of hydrogen-bond donors (Lipinski definition) is 0.